The number of hydrogen-bond donors (Lipinski definition) is 1. The van der Waals surface area contributed by atoms with E-state index in [9.17, 15) is 0 Å². The molecule has 0 bridgehead atoms. The average Bonchev–Trinajstić information content (AvgIpc) is 3.07. The van der Waals surface area contributed by atoms with Crippen molar-refractivity contribution < 1.29 is 4.74 Å². The van der Waals surface area contributed by atoms with Crippen LogP contribution in [0.2, 0.25) is 5.02 Å². The van der Waals surface area contributed by atoms with Crippen molar-refractivity contribution in [3.05, 3.63) is 82.8 Å². The molecule has 0 spiro atoms. The van der Waals surface area contributed by atoms with Crippen LogP contribution in [0, 0.1) is 0 Å². The molecular formula is C23H22ClN5O. The van der Waals surface area contributed by atoms with Crippen LogP contribution < -0.4 is 5.73 Å². The number of benzene rings is 2. The van der Waals surface area contributed by atoms with Gasteiger partial charge in [0, 0.05) is 11.4 Å². The number of halogens is 1. The van der Waals surface area contributed by atoms with Gasteiger partial charge in [-0.3, -0.25) is 0 Å². The van der Waals surface area contributed by atoms with Gasteiger partial charge in [0.25, 0.3) is 0 Å². The third-order valence-electron chi connectivity index (χ3n) is 5.60. The number of nitrogens with two attached hydrogens (primary N) is 1. The first-order chi connectivity index (χ1) is 14.7. The zero-order chi connectivity index (χ0) is 20.5. The molecule has 0 saturated heterocycles. The Morgan fingerprint density at radius 2 is 1.83 bits per heavy atom. The normalized spacial score (nSPS) is 18.4. The highest BCUT2D eigenvalue weighted by Crippen LogP contribution is 2.37. The first kappa shape index (κ1) is 19.0. The zero-order valence-corrected chi connectivity index (χ0v) is 17.2. The smallest absolute Gasteiger partial charge is 0.163 e. The van der Waals surface area contributed by atoms with Gasteiger partial charge in [0.15, 0.2) is 5.65 Å². The maximum Gasteiger partial charge on any atom is 0.163 e. The van der Waals surface area contributed by atoms with Gasteiger partial charge in [-0.1, -0.05) is 54.1 Å². The van der Waals surface area contributed by atoms with E-state index in [0.29, 0.717) is 23.9 Å². The van der Waals surface area contributed by atoms with Crippen LogP contribution in [0.15, 0.2) is 60.9 Å². The lowest BCUT2D eigenvalue weighted by atomic mass is 9.89. The molecule has 7 heteroatoms. The number of hydrogen-bond acceptors (Lipinski definition) is 5. The van der Waals surface area contributed by atoms with E-state index >= 15 is 0 Å². The molecular weight excluding hydrogens is 398 g/mol. The van der Waals surface area contributed by atoms with Gasteiger partial charge in [-0.05, 0) is 36.1 Å². The molecule has 0 amide bonds. The van der Waals surface area contributed by atoms with E-state index in [1.165, 1.54) is 11.9 Å². The highest BCUT2D eigenvalue weighted by Gasteiger charge is 2.34. The summed E-state index contributed by atoms with van der Waals surface area (Å²) in [6.07, 6.45) is 4.17. The van der Waals surface area contributed by atoms with Crippen molar-refractivity contribution in [3.63, 3.8) is 0 Å². The second-order valence-electron chi connectivity index (χ2n) is 7.70. The molecule has 1 aliphatic carbocycles. The first-order valence-corrected chi connectivity index (χ1v) is 10.4. The Kier molecular flexibility index (Phi) is 5.11. The molecule has 0 unspecified atom stereocenters. The molecule has 2 heterocycles. The molecule has 2 aromatic heterocycles. The maximum atomic E-state index is 6.20. The van der Waals surface area contributed by atoms with Crippen LogP contribution in [-0.2, 0) is 17.8 Å². The van der Waals surface area contributed by atoms with Gasteiger partial charge in [0.1, 0.15) is 12.1 Å². The van der Waals surface area contributed by atoms with Gasteiger partial charge in [-0.2, -0.15) is 5.10 Å². The molecule has 0 radical (unpaired) electrons. The van der Waals surface area contributed by atoms with E-state index in [1.807, 2.05) is 47.1 Å². The number of fused-ring (bicyclic) bond motifs is 1. The van der Waals surface area contributed by atoms with Crippen LogP contribution in [0.4, 0.5) is 5.82 Å². The maximum absolute atomic E-state index is 6.20. The second-order valence-corrected chi connectivity index (χ2v) is 8.14. The van der Waals surface area contributed by atoms with Crippen molar-refractivity contribution in [2.24, 2.45) is 0 Å². The van der Waals surface area contributed by atoms with Crippen LogP contribution in [0.25, 0.3) is 11.0 Å². The molecule has 30 heavy (non-hydrogen) atoms. The number of nitrogens with zero attached hydrogens (tertiary/aromatic N) is 4. The molecule has 1 fully saturated rings. The number of rotatable bonds is 6. The molecule has 2 N–H and O–H groups in total. The fraction of sp³-hybridized carbons (Fsp3) is 0.261. The molecule has 1 saturated carbocycles. The Morgan fingerprint density at radius 3 is 2.63 bits per heavy atom. The summed E-state index contributed by atoms with van der Waals surface area (Å²) in [6, 6.07) is 18.3. The van der Waals surface area contributed by atoms with Crippen LogP contribution in [0.5, 0.6) is 0 Å². The topological polar surface area (TPSA) is 78.9 Å². The predicted molar refractivity (Wildman–Crippen MR) is 117 cm³/mol. The highest BCUT2D eigenvalue weighted by atomic mass is 35.5. The summed E-state index contributed by atoms with van der Waals surface area (Å²) in [5.41, 5.74) is 10.1. The van der Waals surface area contributed by atoms with Gasteiger partial charge in [-0.25, -0.2) is 14.6 Å². The Bertz CT molecular complexity index is 1170. The summed E-state index contributed by atoms with van der Waals surface area (Å²) in [5.74, 6) is 0.458. The summed E-state index contributed by atoms with van der Waals surface area (Å²) >= 11 is 6.15. The van der Waals surface area contributed by atoms with Gasteiger partial charge < -0.3 is 10.5 Å². The zero-order valence-electron chi connectivity index (χ0n) is 16.4. The van der Waals surface area contributed by atoms with Gasteiger partial charge in [0.05, 0.1) is 29.8 Å². The fourth-order valence-corrected chi connectivity index (χ4v) is 4.16. The quantitative estimate of drug-likeness (QED) is 0.495. The van der Waals surface area contributed by atoms with Crippen LogP contribution >= 0.6 is 11.6 Å². The van der Waals surface area contributed by atoms with Crippen molar-refractivity contribution in [3.8, 4) is 0 Å². The first-order valence-electron chi connectivity index (χ1n) is 10.0. The van der Waals surface area contributed by atoms with Crippen molar-refractivity contribution in [2.75, 3.05) is 5.73 Å². The van der Waals surface area contributed by atoms with Gasteiger partial charge >= 0.3 is 0 Å². The van der Waals surface area contributed by atoms with E-state index in [-0.39, 0.29) is 12.1 Å². The Morgan fingerprint density at radius 1 is 1.03 bits per heavy atom. The monoisotopic (exact) mass is 419 g/mol. The van der Waals surface area contributed by atoms with Crippen molar-refractivity contribution in [1.29, 1.82) is 0 Å². The van der Waals surface area contributed by atoms with Crippen molar-refractivity contribution >= 4 is 28.5 Å². The Hall–Kier alpha value is -2.96. The molecule has 5 rings (SSSR count). The Labute approximate surface area is 179 Å². The summed E-state index contributed by atoms with van der Waals surface area (Å²) in [7, 11) is 0. The number of anilines is 1. The lowest BCUT2D eigenvalue weighted by Gasteiger charge is -2.35. The third-order valence-corrected chi connectivity index (χ3v) is 5.83. The lowest BCUT2D eigenvalue weighted by Crippen LogP contribution is -2.34. The van der Waals surface area contributed by atoms with Gasteiger partial charge in [-0.15, -0.1) is 0 Å². The second kappa shape index (κ2) is 8.05. The van der Waals surface area contributed by atoms with Crippen LogP contribution in [0.1, 0.15) is 35.7 Å². The Balaban J connectivity index is 1.35. The van der Waals surface area contributed by atoms with E-state index in [1.54, 1.807) is 0 Å². The molecule has 1 aliphatic rings. The average molecular weight is 420 g/mol. The summed E-state index contributed by atoms with van der Waals surface area (Å²) in [4.78, 5) is 8.67. The van der Waals surface area contributed by atoms with E-state index in [0.717, 1.165) is 35.1 Å². The standard InChI is InChI=1S/C23H22ClN5O/c24-17-8-4-7-16(9-17)10-20-21-22(25)26-14-27-23(21)29(28-20)18-11-19(12-18)30-13-15-5-2-1-3-6-15/h1-9,14,18-19H,10-13H2,(H2,25,26,27). The van der Waals surface area contributed by atoms with Crippen molar-refractivity contribution in [1.82, 2.24) is 19.7 Å². The predicted octanol–water partition coefficient (Wildman–Crippen LogP) is 4.57. The molecule has 4 aromatic rings. The summed E-state index contributed by atoms with van der Waals surface area (Å²) in [6.45, 7) is 0.632. The SMILES string of the molecule is Nc1ncnc2c1c(Cc1cccc(Cl)c1)nn2C1CC(OCc2ccccc2)C1. The number of ether oxygens (including phenoxy) is 1. The fourth-order valence-electron chi connectivity index (χ4n) is 3.95. The minimum Gasteiger partial charge on any atom is -0.383 e. The van der Waals surface area contributed by atoms with E-state index in [4.69, 9.17) is 27.2 Å². The minimum atomic E-state index is 0.227. The van der Waals surface area contributed by atoms with E-state index in [2.05, 4.69) is 22.1 Å². The largest absolute Gasteiger partial charge is 0.383 e. The van der Waals surface area contributed by atoms with Gasteiger partial charge in [0.2, 0.25) is 0 Å². The van der Waals surface area contributed by atoms with Crippen LogP contribution in [0.3, 0.4) is 0 Å². The summed E-state index contributed by atoms with van der Waals surface area (Å²) in [5, 5.41) is 6.42. The van der Waals surface area contributed by atoms with E-state index < -0.39 is 0 Å². The number of nitrogen functional groups attached to an aromatic ring is 1. The molecule has 0 atom stereocenters. The van der Waals surface area contributed by atoms with Crippen molar-refractivity contribution in [2.45, 2.75) is 38.0 Å². The lowest BCUT2D eigenvalue weighted by molar-refractivity contribution is -0.0375. The van der Waals surface area contributed by atoms with Crippen LogP contribution in [-0.4, -0.2) is 25.9 Å². The molecule has 2 aromatic carbocycles. The summed E-state index contributed by atoms with van der Waals surface area (Å²) < 4.78 is 8.05. The molecule has 0 aliphatic heterocycles. The number of aromatic nitrogens is 4. The highest BCUT2D eigenvalue weighted by molar-refractivity contribution is 6.30. The molecule has 152 valence electrons. The molecule has 6 nitrogen and oxygen atoms in total. The third kappa shape index (κ3) is 3.76. The minimum absolute atomic E-state index is 0.227.